The van der Waals surface area contributed by atoms with E-state index >= 15 is 0 Å². The van der Waals surface area contributed by atoms with Crippen LogP contribution in [-0.4, -0.2) is 26.1 Å². The Labute approximate surface area is 108 Å². The fraction of sp³-hybridized carbons (Fsp3) is 0.500. The highest BCUT2D eigenvalue weighted by Crippen LogP contribution is 2.36. The van der Waals surface area contributed by atoms with Gasteiger partial charge in [0.1, 0.15) is 5.75 Å². The quantitative estimate of drug-likeness (QED) is 0.882. The van der Waals surface area contributed by atoms with Crippen molar-refractivity contribution in [3.05, 3.63) is 23.8 Å². The van der Waals surface area contributed by atoms with Crippen molar-refractivity contribution in [2.45, 2.75) is 25.7 Å². The molecule has 0 atom stereocenters. The molecule has 2 N–H and O–H groups in total. The Morgan fingerprint density at radius 3 is 3.06 bits per heavy atom. The second kappa shape index (κ2) is 5.87. The molecule has 1 aliphatic heterocycles. The number of anilines is 1. The van der Waals surface area contributed by atoms with Gasteiger partial charge in [-0.3, -0.25) is 4.79 Å². The number of amides is 1. The number of aryl methyl sites for hydroxylation is 1. The highest BCUT2D eigenvalue weighted by Gasteiger charge is 2.25. The molecule has 1 amide bonds. The van der Waals surface area contributed by atoms with Crippen molar-refractivity contribution >= 4 is 11.6 Å². The van der Waals surface area contributed by atoms with E-state index < -0.39 is 0 Å². The van der Waals surface area contributed by atoms with Gasteiger partial charge < -0.3 is 15.4 Å². The van der Waals surface area contributed by atoms with Gasteiger partial charge in [0, 0.05) is 13.0 Å². The minimum Gasteiger partial charge on any atom is -0.495 e. The first-order valence-corrected chi connectivity index (χ1v) is 6.44. The Hall–Kier alpha value is -1.55. The predicted octanol–water partition coefficient (Wildman–Crippen LogP) is 1.71. The number of carbonyl (C=O) groups excluding carboxylic acids is 1. The first kappa shape index (κ1) is 12.9. The molecule has 18 heavy (non-hydrogen) atoms. The van der Waals surface area contributed by atoms with Gasteiger partial charge in [0.2, 0.25) is 5.91 Å². The molecule has 1 aromatic carbocycles. The van der Waals surface area contributed by atoms with Gasteiger partial charge in [-0.05, 0) is 37.4 Å². The Morgan fingerprint density at radius 2 is 2.33 bits per heavy atom. The van der Waals surface area contributed by atoms with Crippen molar-refractivity contribution in [2.24, 2.45) is 5.73 Å². The summed E-state index contributed by atoms with van der Waals surface area (Å²) in [4.78, 5) is 14.1. The van der Waals surface area contributed by atoms with Crippen molar-refractivity contribution in [1.29, 1.82) is 0 Å². The smallest absolute Gasteiger partial charge is 0.227 e. The number of rotatable bonds is 4. The van der Waals surface area contributed by atoms with Crippen LogP contribution in [-0.2, 0) is 11.2 Å². The van der Waals surface area contributed by atoms with E-state index in [1.807, 2.05) is 17.0 Å². The molecule has 0 radical (unpaired) electrons. The van der Waals surface area contributed by atoms with Crippen molar-refractivity contribution in [3.8, 4) is 5.75 Å². The van der Waals surface area contributed by atoms with E-state index in [2.05, 4.69) is 6.07 Å². The summed E-state index contributed by atoms with van der Waals surface area (Å²) in [6, 6.07) is 5.96. The summed E-state index contributed by atoms with van der Waals surface area (Å²) >= 11 is 0. The zero-order chi connectivity index (χ0) is 13.0. The van der Waals surface area contributed by atoms with Gasteiger partial charge in [-0.2, -0.15) is 0 Å². The minimum atomic E-state index is 0.144. The molecule has 0 saturated carbocycles. The zero-order valence-electron chi connectivity index (χ0n) is 10.8. The molecule has 4 nitrogen and oxygen atoms in total. The summed E-state index contributed by atoms with van der Waals surface area (Å²) in [5.41, 5.74) is 7.61. The van der Waals surface area contributed by atoms with Crippen LogP contribution in [0.5, 0.6) is 5.75 Å². The number of nitrogens with two attached hydrogens (primary N) is 1. The van der Waals surface area contributed by atoms with Crippen LogP contribution in [0.2, 0.25) is 0 Å². The van der Waals surface area contributed by atoms with Crippen LogP contribution < -0.4 is 15.4 Å². The highest BCUT2D eigenvalue weighted by molar-refractivity contribution is 5.96. The van der Waals surface area contributed by atoms with E-state index in [0.29, 0.717) is 13.0 Å². The van der Waals surface area contributed by atoms with Gasteiger partial charge in [-0.25, -0.2) is 0 Å². The third-order valence-electron chi connectivity index (χ3n) is 3.30. The maximum absolute atomic E-state index is 12.2. The lowest BCUT2D eigenvalue weighted by Gasteiger charge is -2.31. The number of benzene rings is 1. The molecule has 0 fully saturated rings. The Morgan fingerprint density at radius 1 is 1.50 bits per heavy atom. The van der Waals surface area contributed by atoms with E-state index in [4.69, 9.17) is 10.5 Å². The summed E-state index contributed by atoms with van der Waals surface area (Å²) in [5, 5.41) is 0. The summed E-state index contributed by atoms with van der Waals surface area (Å²) in [6.45, 7) is 1.33. The lowest BCUT2D eigenvalue weighted by atomic mass is 10.0. The molecule has 1 aliphatic rings. The number of hydrogen-bond acceptors (Lipinski definition) is 3. The van der Waals surface area contributed by atoms with Crippen molar-refractivity contribution in [3.63, 3.8) is 0 Å². The number of ether oxygens (including phenoxy) is 1. The molecule has 0 unspecified atom stereocenters. The van der Waals surface area contributed by atoms with Gasteiger partial charge in [0.05, 0.1) is 12.8 Å². The van der Waals surface area contributed by atoms with Crippen LogP contribution in [0.4, 0.5) is 5.69 Å². The normalized spacial score (nSPS) is 14.2. The van der Waals surface area contributed by atoms with Crippen LogP contribution in [0, 0.1) is 0 Å². The number of nitrogens with zero attached hydrogens (tertiary/aromatic N) is 1. The molecule has 0 aliphatic carbocycles. The van der Waals surface area contributed by atoms with E-state index in [0.717, 1.165) is 37.2 Å². The monoisotopic (exact) mass is 248 g/mol. The number of carbonyl (C=O) groups is 1. The first-order chi connectivity index (χ1) is 8.77. The van der Waals surface area contributed by atoms with E-state index in [1.54, 1.807) is 7.11 Å². The number of para-hydroxylation sites is 1. The second-order valence-corrected chi connectivity index (χ2v) is 4.51. The van der Waals surface area contributed by atoms with Crippen LogP contribution >= 0.6 is 0 Å². The fourth-order valence-electron chi connectivity index (χ4n) is 2.42. The van der Waals surface area contributed by atoms with Crippen molar-refractivity contribution in [2.75, 3.05) is 25.1 Å². The second-order valence-electron chi connectivity index (χ2n) is 4.51. The van der Waals surface area contributed by atoms with Crippen LogP contribution in [0.25, 0.3) is 0 Å². The molecule has 1 heterocycles. The lowest BCUT2D eigenvalue weighted by molar-refractivity contribution is -0.118. The average Bonchev–Trinajstić information content (AvgIpc) is 2.43. The van der Waals surface area contributed by atoms with Gasteiger partial charge in [-0.15, -0.1) is 0 Å². The molecule has 1 aromatic rings. The molecule has 4 heteroatoms. The summed E-state index contributed by atoms with van der Waals surface area (Å²) < 4.78 is 5.38. The summed E-state index contributed by atoms with van der Waals surface area (Å²) in [5.74, 6) is 0.930. The van der Waals surface area contributed by atoms with Gasteiger partial charge in [0.15, 0.2) is 0 Å². The van der Waals surface area contributed by atoms with E-state index in [9.17, 15) is 4.79 Å². The topological polar surface area (TPSA) is 55.6 Å². The SMILES string of the molecule is COc1cccc2c1N(C(=O)CCCN)CCC2. The Kier molecular flexibility index (Phi) is 4.20. The van der Waals surface area contributed by atoms with E-state index in [-0.39, 0.29) is 5.91 Å². The number of methoxy groups -OCH3 is 1. The maximum atomic E-state index is 12.2. The molecule has 0 aromatic heterocycles. The Balaban J connectivity index is 2.28. The molecule has 0 saturated heterocycles. The van der Waals surface area contributed by atoms with Gasteiger partial charge in [-0.1, -0.05) is 12.1 Å². The largest absolute Gasteiger partial charge is 0.495 e. The van der Waals surface area contributed by atoms with Gasteiger partial charge in [0.25, 0.3) is 0 Å². The third-order valence-corrected chi connectivity index (χ3v) is 3.30. The minimum absolute atomic E-state index is 0.144. The van der Waals surface area contributed by atoms with E-state index in [1.165, 1.54) is 5.56 Å². The molecule has 98 valence electrons. The molecule has 0 bridgehead atoms. The highest BCUT2D eigenvalue weighted by atomic mass is 16.5. The third kappa shape index (κ3) is 2.48. The predicted molar refractivity (Wildman–Crippen MR) is 72.0 cm³/mol. The number of fused-ring (bicyclic) bond motifs is 1. The standard InChI is InChI=1S/C14H20N2O2/c1-18-12-7-2-5-11-6-4-10-16(14(11)12)13(17)8-3-9-15/h2,5,7H,3-4,6,8-10,15H2,1H3. The van der Waals surface area contributed by atoms with Crippen LogP contribution in [0.3, 0.4) is 0 Å². The first-order valence-electron chi connectivity index (χ1n) is 6.44. The summed E-state index contributed by atoms with van der Waals surface area (Å²) in [7, 11) is 1.65. The van der Waals surface area contributed by atoms with Crippen molar-refractivity contribution < 1.29 is 9.53 Å². The molecule has 0 spiro atoms. The summed E-state index contributed by atoms with van der Waals surface area (Å²) in [6.07, 6.45) is 3.26. The maximum Gasteiger partial charge on any atom is 0.227 e. The van der Waals surface area contributed by atoms with Crippen LogP contribution in [0.15, 0.2) is 18.2 Å². The van der Waals surface area contributed by atoms with Crippen molar-refractivity contribution in [1.82, 2.24) is 0 Å². The fourth-order valence-corrected chi connectivity index (χ4v) is 2.42. The van der Waals surface area contributed by atoms with Crippen LogP contribution in [0.1, 0.15) is 24.8 Å². The average molecular weight is 248 g/mol. The van der Waals surface area contributed by atoms with Gasteiger partial charge >= 0.3 is 0 Å². The zero-order valence-corrected chi connectivity index (χ0v) is 10.8. The lowest BCUT2D eigenvalue weighted by Crippen LogP contribution is -2.35. The number of hydrogen-bond donors (Lipinski definition) is 1. The molecule has 2 rings (SSSR count). The molecular formula is C14H20N2O2. The molecular weight excluding hydrogens is 228 g/mol. The Bertz CT molecular complexity index is 418.